The van der Waals surface area contributed by atoms with Gasteiger partial charge < -0.3 is 15.7 Å². The highest BCUT2D eigenvalue weighted by Crippen LogP contribution is 2.22. The molecular weight excluding hydrogens is 288 g/mol. The lowest BCUT2D eigenvalue weighted by Gasteiger charge is -2.12. The van der Waals surface area contributed by atoms with Gasteiger partial charge in [0.05, 0.1) is 12.2 Å². The largest absolute Gasteiger partial charge is 0.392 e. The first kappa shape index (κ1) is 15.4. The smallest absolute Gasteiger partial charge is 0.253 e. The molecule has 1 amide bonds. The SMILES string of the molecule is CNC(=O)c1ccc(Cl)cc1NCc1ccc(CO)cc1. The number of amides is 1. The summed E-state index contributed by atoms with van der Waals surface area (Å²) in [6.45, 7) is 0.596. The van der Waals surface area contributed by atoms with Crippen LogP contribution >= 0.6 is 11.6 Å². The third kappa shape index (κ3) is 3.97. The maximum absolute atomic E-state index is 11.8. The fourth-order valence-corrected chi connectivity index (χ4v) is 2.13. The van der Waals surface area contributed by atoms with Crippen LogP contribution in [0.15, 0.2) is 42.5 Å². The van der Waals surface area contributed by atoms with Gasteiger partial charge in [-0.05, 0) is 29.3 Å². The van der Waals surface area contributed by atoms with Crippen molar-refractivity contribution < 1.29 is 9.90 Å². The lowest BCUT2D eigenvalue weighted by atomic mass is 10.1. The topological polar surface area (TPSA) is 61.4 Å². The second kappa shape index (κ2) is 7.11. The third-order valence-corrected chi connectivity index (χ3v) is 3.38. The molecule has 0 radical (unpaired) electrons. The molecule has 0 spiro atoms. The Balaban J connectivity index is 2.14. The summed E-state index contributed by atoms with van der Waals surface area (Å²) in [4.78, 5) is 11.8. The zero-order chi connectivity index (χ0) is 15.2. The number of rotatable bonds is 5. The minimum absolute atomic E-state index is 0.0306. The fraction of sp³-hybridized carbons (Fsp3) is 0.188. The van der Waals surface area contributed by atoms with Crippen molar-refractivity contribution in [1.82, 2.24) is 5.32 Å². The number of aliphatic hydroxyl groups is 1. The molecular formula is C16H17ClN2O2. The van der Waals surface area contributed by atoms with Gasteiger partial charge in [0.2, 0.25) is 0 Å². The highest BCUT2D eigenvalue weighted by molar-refractivity contribution is 6.31. The predicted octanol–water partition coefficient (Wildman–Crippen LogP) is 2.80. The van der Waals surface area contributed by atoms with Crippen LogP contribution in [0.3, 0.4) is 0 Å². The minimum atomic E-state index is -0.162. The van der Waals surface area contributed by atoms with Crippen molar-refractivity contribution in [3.05, 3.63) is 64.2 Å². The quantitative estimate of drug-likeness (QED) is 0.796. The van der Waals surface area contributed by atoms with Crippen LogP contribution in [0.25, 0.3) is 0 Å². The first-order valence-corrected chi connectivity index (χ1v) is 6.96. The molecule has 0 atom stereocenters. The Labute approximate surface area is 128 Å². The Morgan fingerprint density at radius 1 is 1.14 bits per heavy atom. The molecule has 2 rings (SSSR count). The second-order valence-electron chi connectivity index (χ2n) is 4.60. The van der Waals surface area contributed by atoms with Crippen LogP contribution < -0.4 is 10.6 Å². The Morgan fingerprint density at radius 3 is 2.43 bits per heavy atom. The van der Waals surface area contributed by atoms with E-state index in [-0.39, 0.29) is 12.5 Å². The maximum Gasteiger partial charge on any atom is 0.253 e. The van der Waals surface area contributed by atoms with Gasteiger partial charge in [0.25, 0.3) is 5.91 Å². The Kier molecular flexibility index (Phi) is 5.20. The number of nitrogens with one attached hydrogen (secondary N) is 2. The van der Waals surface area contributed by atoms with E-state index in [1.165, 1.54) is 0 Å². The summed E-state index contributed by atoms with van der Waals surface area (Å²) in [5.41, 5.74) is 3.16. The van der Waals surface area contributed by atoms with Crippen LogP contribution in [0.2, 0.25) is 5.02 Å². The molecule has 4 nitrogen and oxygen atoms in total. The van der Waals surface area contributed by atoms with Crippen molar-refractivity contribution in [2.45, 2.75) is 13.2 Å². The third-order valence-electron chi connectivity index (χ3n) is 3.14. The van der Waals surface area contributed by atoms with Gasteiger partial charge in [-0.25, -0.2) is 0 Å². The van der Waals surface area contributed by atoms with Crippen LogP contribution in [0, 0.1) is 0 Å². The van der Waals surface area contributed by atoms with Crippen LogP contribution in [0.1, 0.15) is 21.5 Å². The summed E-state index contributed by atoms with van der Waals surface area (Å²) in [6.07, 6.45) is 0. The van der Waals surface area contributed by atoms with Crippen molar-refractivity contribution in [3.63, 3.8) is 0 Å². The number of halogens is 1. The van der Waals surface area contributed by atoms with Gasteiger partial charge in [-0.2, -0.15) is 0 Å². The van der Waals surface area contributed by atoms with Crippen molar-refractivity contribution >= 4 is 23.2 Å². The highest BCUT2D eigenvalue weighted by Gasteiger charge is 2.10. The van der Waals surface area contributed by atoms with Crippen LogP contribution in [0.4, 0.5) is 5.69 Å². The Morgan fingerprint density at radius 2 is 1.81 bits per heavy atom. The normalized spacial score (nSPS) is 10.2. The number of hydrogen-bond acceptors (Lipinski definition) is 3. The molecule has 0 unspecified atom stereocenters. The van der Waals surface area contributed by atoms with Gasteiger partial charge in [0.15, 0.2) is 0 Å². The first-order valence-electron chi connectivity index (χ1n) is 6.58. The molecule has 0 saturated carbocycles. The predicted molar refractivity (Wildman–Crippen MR) is 84.5 cm³/mol. The fourth-order valence-electron chi connectivity index (χ4n) is 1.96. The number of anilines is 1. The molecule has 0 aliphatic carbocycles. The van der Waals surface area contributed by atoms with E-state index in [0.717, 1.165) is 11.1 Å². The number of benzene rings is 2. The first-order chi connectivity index (χ1) is 10.1. The van der Waals surface area contributed by atoms with E-state index in [1.807, 2.05) is 24.3 Å². The van der Waals surface area contributed by atoms with E-state index in [4.69, 9.17) is 16.7 Å². The molecule has 0 saturated heterocycles. The number of carbonyl (C=O) groups is 1. The Bertz CT molecular complexity index is 627. The van der Waals surface area contributed by atoms with Crippen molar-refractivity contribution in [3.8, 4) is 0 Å². The van der Waals surface area contributed by atoms with Crippen LogP contribution in [0.5, 0.6) is 0 Å². The Hall–Kier alpha value is -2.04. The molecule has 0 aromatic heterocycles. The number of aliphatic hydroxyl groups excluding tert-OH is 1. The van der Waals surface area contributed by atoms with E-state index >= 15 is 0 Å². The van der Waals surface area contributed by atoms with Gasteiger partial charge in [-0.1, -0.05) is 35.9 Å². The molecule has 0 aliphatic heterocycles. The summed E-state index contributed by atoms with van der Waals surface area (Å²) < 4.78 is 0. The van der Waals surface area contributed by atoms with Crippen LogP contribution in [-0.4, -0.2) is 18.1 Å². The van der Waals surface area contributed by atoms with Crippen LogP contribution in [-0.2, 0) is 13.2 Å². The lowest BCUT2D eigenvalue weighted by molar-refractivity contribution is 0.0964. The van der Waals surface area contributed by atoms with E-state index in [9.17, 15) is 4.79 Å². The number of carbonyl (C=O) groups excluding carboxylic acids is 1. The average Bonchev–Trinajstić information content (AvgIpc) is 2.52. The summed E-state index contributed by atoms with van der Waals surface area (Å²) in [5, 5.41) is 15.4. The number of hydrogen-bond donors (Lipinski definition) is 3. The van der Waals surface area contributed by atoms with Crippen molar-refractivity contribution in [1.29, 1.82) is 0 Å². The molecule has 0 aliphatic rings. The monoisotopic (exact) mass is 304 g/mol. The standard InChI is InChI=1S/C16H17ClN2O2/c1-18-16(21)14-7-6-13(17)8-15(14)19-9-11-2-4-12(10-20)5-3-11/h2-8,19-20H,9-10H2,1H3,(H,18,21). The molecule has 0 fully saturated rings. The molecule has 2 aromatic carbocycles. The van der Waals surface area contributed by atoms with Crippen molar-refractivity contribution in [2.75, 3.05) is 12.4 Å². The molecule has 0 heterocycles. The average molecular weight is 305 g/mol. The second-order valence-corrected chi connectivity index (χ2v) is 5.03. The van der Waals surface area contributed by atoms with Gasteiger partial charge in [0.1, 0.15) is 0 Å². The van der Waals surface area contributed by atoms with Gasteiger partial charge in [-0.15, -0.1) is 0 Å². The van der Waals surface area contributed by atoms with Crippen molar-refractivity contribution in [2.24, 2.45) is 0 Å². The molecule has 3 N–H and O–H groups in total. The zero-order valence-corrected chi connectivity index (χ0v) is 12.4. The lowest BCUT2D eigenvalue weighted by Crippen LogP contribution is -2.19. The molecule has 110 valence electrons. The van der Waals surface area contributed by atoms with E-state index in [0.29, 0.717) is 22.8 Å². The van der Waals surface area contributed by atoms with E-state index in [1.54, 1.807) is 25.2 Å². The molecule has 2 aromatic rings. The summed E-state index contributed by atoms with van der Waals surface area (Å²) in [6, 6.07) is 12.7. The summed E-state index contributed by atoms with van der Waals surface area (Å²) in [7, 11) is 1.59. The highest BCUT2D eigenvalue weighted by atomic mass is 35.5. The molecule has 5 heteroatoms. The zero-order valence-electron chi connectivity index (χ0n) is 11.7. The van der Waals surface area contributed by atoms with Gasteiger partial charge >= 0.3 is 0 Å². The van der Waals surface area contributed by atoms with E-state index < -0.39 is 0 Å². The van der Waals surface area contributed by atoms with E-state index in [2.05, 4.69) is 10.6 Å². The summed E-state index contributed by atoms with van der Waals surface area (Å²) in [5.74, 6) is -0.162. The van der Waals surface area contributed by atoms with Gasteiger partial charge in [-0.3, -0.25) is 4.79 Å². The molecule has 0 bridgehead atoms. The maximum atomic E-state index is 11.8. The molecule has 21 heavy (non-hydrogen) atoms. The minimum Gasteiger partial charge on any atom is -0.392 e. The summed E-state index contributed by atoms with van der Waals surface area (Å²) >= 11 is 5.99. The van der Waals surface area contributed by atoms with Gasteiger partial charge in [0, 0.05) is 24.3 Å².